The third-order valence-electron chi connectivity index (χ3n) is 1.78. The van der Waals surface area contributed by atoms with E-state index in [1.165, 1.54) is 14.2 Å². The van der Waals surface area contributed by atoms with E-state index >= 15 is 0 Å². The number of carbonyl (C=O) groups excluding carboxylic acids is 2. The summed E-state index contributed by atoms with van der Waals surface area (Å²) < 4.78 is 9.66. The summed E-state index contributed by atoms with van der Waals surface area (Å²) in [6.45, 7) is 0. The molecule has 0 fully saturated rings. The molecule has 1 aromatic rings. The summed E-state index contributed by atoms with van der Waals surface area (Å²) in [4.78, 5) is 22.4. The molecule has 0 saturated heterocycles. The Morgan fingerprint density at radius 2 is 1.28 bits per heavy atom. The molecule has 0 saturated carbocycles. The summed E-state index contributed by atoms with van der Waals surface area (Å²) in [5.41, 5.74) is -0.281. The van der Waals surface area contributed by atoms with Gasteiger partial charge in [0, 0.05) is 0 Å². The quantitative estimate of drug-likeness (QED) is 0.678. The molecule has 1 heterocycles. The Bertz CT molecular complexity index is 610. The fourth-order valence-corrected chi connectivity index (χ4v) is 2.96. The largest absolute Gasteiger partial charge is 0.465 e. The first-order valence-electron chi connectivity index (χ1n) is 4.40. The molecule has 92 valence electrons. The van der Waals surface area contributed by atoms with Gasteiger partial charge in [-0.3, -0.25) is 0 Å². The second kappa shape index (κ2) is 5.96. The molecule has 1 rings (SSSR count). The number of hydrogen-bond donors (Lipinski definition) is 0. The van der Waals surface area contributed by atoms with Crippen molar-refractivity contribution in [1.29, 1.82) is 10.5 Å². The zero-order chi connectivity index (χ0) is 13.7. The molecule has 0 aliphatic rings. The van der Waals surface area contributed by atoms with E-state index in [0.29, 0.717) is 7.69 Å². The predicted molar refractivity (Wildman–Crippen MR) is 63.5 cm³/mol. The fraction of sp³-hybridized carbons (Fsp3) is 0.200. The lowest BCUT2D eigenvalue weighted by atomic mass is 10.3. The number of esters is 2. The van der Waals surface area contributed by atoms with Gasteiger partial charge in [-0.25, -0.2) is 9.59 Å². The first-order valence-corrected chi connectivity index (χ1v) is 6.03. The molecule has 6 nitrogen and oxygen atoms in total. The molecule has 0 aliphatic heterocycles. The molecule has 0 atom stereocenters. The predicted octanol–water partition coefficient (Wildman–Crippen LogP) is -0.496. The maximum absolute atomic E-state index is 11.2. The van der Waals surface area contributed by atoms with Gasteiger partial charge < -0.3 is 9.47 Å². The van der Waals surface area contributed by atoms with E-state index in [1.54, 1.807) is 12.1 Å². The maximum Gasteiger partial charge on any atom is 0.350 e. The number of methoxy groups -OCH3 is 2. The van der Waals surface area contributed by atoms with E-state index < -0.39 is 11.9 Å². The second-order valence-corrected chi connectivity index (χ2v) is 5.29. The number of carbonyl (C=O) groups is 2. The van der Waals surface area contributed by atoms with Gasteiger partial charge in [0.2, 0.25) is 0 Å². The lowest BCUT2D eigenvalue weighted by molar-refractivity contribution is -0.134. The Balaban J connectivity index is 3.37. The highest BCUT2D eigenvalue weighted by Crippen LogP contribution is 2.03. The smallest absolute Gasteiger partial charge is 0.350 e. The van der Waals surface area contributed by atoms with Gasteiger partial charge in [-0.2, -0.15) is 10.5 Å². The van der Waals surface area contributed by atoms with Gasteiger partial charge in [0.1, 0.15) is 19.8 Å². The monoisotopic (exact) mass is 282 g/mol. The van der Waals surface area contributed by atoms with Crippen molar-refractivity contribution in [3.05, 3.63) is 7.69 Å². The molecule has 0 unspecified atom stereocenters. The molecule has 1 aromatic heterocycles. The Labute approximate surface area is 110 Å². The molecule has 0 spiro atoms. The molecule has 0 aromatic carbocycles. The van der Waals surface area contributed by atoms with E-state index in [4.69, 9.17) is 10.5 Å². The fourth-order valence-electron chi connectivity index (χ4n) is 0.934. The molecule has 0 bridgehead atoms. The number of hydrogen-bond acceptors (Lipinski definition) is 8. The summed E-state index contributed by atoms with van der Waals surface area (Å²) in [6.07, 6.45) is 0. The van der Waals surface area contributed by atoms with Gasteiger partial charge in [0.15, 0.2) is 11.1 Å². The minimum atomic E-state index is -0.747. The van der Waals surface area contributed by atoms with Crippen molar-refractivity contribution in [3.8, 4) is 12.1 Å². The average Bonchev–Trinajstić information content (AvgIpc) is 2.35. The SMILES string of the molecule is COC(=O)C(C#N)=c1sc(=C(C#N)C(=O)OC)s1. The van der Waals surface area contributed by atoms with Gasteiger partial charge >= 0.3 is 11.9 Å². The highest BCUT2D eigenvalue weighted by molar-refractivity contribution is 7.36. The molecule has 0 aliphatic carbocycles. The Morgan fingerprint density at radius 3 is 1.50 bits per heavy atom. The third kappa shape index (κ3) is 2.56. The number of rotatable bonds is 2. The van der Waals surface area contributed by atoms with E-state index in [-0.39, 0.29) is 11.1 Å². The van der Waals surface area contributed by atoms with E-state index in [1.807, 2.05) is 0 Å². The average molecular weight is 282 g/mol. The van der Waals surface area contributed by atoms with Crippen LogP contribution >= 0.6 is 22.7 Å². The summed E-state index contributed by atoms with van der Waals surface area (Å²) in [7, 11) is 2.33. The zero-order valence-corrected chi connectivity index (χ0v) is 11.0. The van der Waals surface area contributed by atoms with Crippen molar-refractivity contribution in [2.45, 2.75) is 0 Å². The van der Waals surface area contributed by atoms with Crippen LogP contribution in [0.4, 0.5) is 0 Å². The van der Waals surface area contributed by atoms with Crippen LogP contribution in [-0.4, -0.2) is 26.2 Å². The van der Waals surface area contributed by atoms with Gasteiger partial charge in [-0.1, -0.05) is 0 Å². The normalized spacial score (nSPS) is 8.89. The molecular formula is C10H6N2O4S2. The molecule has 8 heteroatoms. The van der Waals surface area contributed by atoms with Crippen molar-refractivity contribution < 1.29 is 19.1 Å². The van der Waals surface area contributed by atoms with Gasteiger partial charge in [-0.05, 0) is 0 Å². The second-order valence-electron chi connectivity index (χ2n) is 2.74. The van der Waals surface area contributed by atoms with Crippen molar-refractivity contribution in [2.75, 3.05) is 14.2 Å². The van der Waals surface area contributed by atoms with Crippen LogP contribution in [-0.2, 0) is 19.1 Å². The zero-order valence-electron chi connectivity index (χ0n) is 9.34. The lowest BCUT2D eigenvalue weighted by Gasteiger charge is -1.99. The number of ether oxygens (including phenoxy) is 2. The van der Waals surface area contributed by atoms with Crippen molar-refractivity contribution in [2.24, 2.45) is 0 Å². The highest BCUT2D eigenvalue weighted by atomic mass is 32.2. The van der Waals surface area contributed by atoms with Crippen LogP contribution in [0.2, 0.25) is 0 Å². The first kappa shape index (κ1) is 13.9. The Kier molecular flexibility index (Phi) is 4.60. The van der Waals surface area contributed by atoms with Crippen LogP contribution in [0.3, 0.4) is 0 Å². The van der Waals surface area contributed by atoms with Crippen molar-refractivity contribution >= 4 is 45.8 Å². The summed E-state index contributed by atoms with van der Waals surface area (Å²) in [5.74, 6) is -1.49. The minimum Gasteiger partial charge on any atom is -0.465 e. The third-order valence-corrected chi connectivity index (χ3v) is 4.34. The Hall–Kier alpha value is -2.16. The van der Waals surface area contributed by atoms with Gasteiger partial charge in [0.05, 0.1) is 14.2 Å². The lowest BCUT2D eigenvalue weighted by Crippen LogP contribution is -2.22. The maximum atomic E-state index is 11.2. The van der Waals surface area contributed by atoms with Crippen LogP contribution in [0.5, 0.6) is 0 Å². The van der Waals surface area contributed by atoms with Gasteiger partial charge in [0.25, 0.3) is 0 Å². The molecule has 0 amide bonds. The van der Waals surface area contributed by atoms with Crippen molar-refractivity contribution in [3.63, 3.8) is 0 Å². The summed E-state index contributed by atoms with van der Waals surface area (Å²) in [5, 5.41) is 17.6. The van der Waals surface area contributed by atoms with Crippen molar-refractivity contribution in [1.82, 2.24) is 0 Å². The van der Waals surface area contributed by atoms with E-state index in [0.717, 1.165) is 22.7 Å². The van der Waals surface area contributed by atoms with Crippen LogP contribution in [0.1, 0.15) is 0 Å². The van der Waals surface area contributed by atoms with Crippen LogP contribution in [0.25, 0.3) is 11.1 Å². The molecule has 0 radical (unpaired) electrons. The first-order chi connectivity index (χ1) is 8.58. The topological polar surface area (TPSA) is 100 Å². The minimum absolute atomic E-state index is 0.140. The van der Waals surface area contributed by atoms with E-state index in [2.05, 4.69) is 9.47 Å². The van der Waals surface area contributed by atoms with Gasteiger partial charge in [-0.15, -0.1) is 22.7 Å². The molecule has 0 N–H and O–H groups in total. The number of nitrogens with zero attached hydrogens (tertiary/aromatic N) is 2. The Morgan fingerprint density at radius 1 is 0.944 bits per heavy atom. The molecule has 18 heavy (non-hydrogen) atoms. The summed E-state index contributed by atoms with van der Waals surface area (Å²) in [6, 6.07) is 3.43. The van der Waals surface area contributed by atoms with Crippen LogP contribution in [0.15, 0.2) is 0 Å². The number of nitriles is 2. The summed E-state index contributed by atoms with van der Waals surface area (Å²) >= 11 is 2.00. The van der Waals surface area contributed by atoms with Crippen LogP contribution < -0.4 is 7.69 Å². The standard InChI is InChI=1S/C10H6N2O4S2/c1-15-7(13)5(3-11)9-17-10(18-9)6(4-12)8(14)16-2/h1-2H3. The van der Waals surface area contributed by atoms with E-state index in [9.17, 15) is 9.59 Å². The molecular weight excluding hydrogens is 276 g/mol. The van der Waals surface area contributed by atoms with Crippen LogP contribution in [0, 0.1) is 22.7 Å². The highest BCUT2D eigenvalue weighted by Gasteiger charge is 2.16.